The van der Waals surface area contributed by atoms with Crippen molar-refractivity contribution in [1.29, 1.82) is 0 Å². The Morgan fingerprint density at radius 2 is 2.47 bits per heavy atom. The molecule has 0 atom stereocenters. The minimum atomic E-state index is -0.0501. The van der Waals surface area contributed by atoms with Crippen molar-refractivity contribution in [3.63, 3.8) is 0 Å². The van der Waals surface area contributed by atoms with E-state index in [0.29, 0.717) is 5.13 Å². The standard InChI is InChI=1S/C12H17N3OS/c1-3-4-8(2)11(16)15-12-14-9-5-6-13-7-10(9)17-12/h4,13H,3,5-7H2,1-2H3,(H,14,15,16)/b8-4+. The molecule has 5 heteroatoms. The van der Waals surface area contributed by atoms with E-state index >= 15 is 0 Å². The predicted octanol–water partition coefficient (Wildman–Crippen LogP) is 2.08. The second-order valence-electron chi connectivity index (χ2n) is 4.07. The zero-order valence-electron chi connectivity index (χ0n) is 10.2. The molecule has 1 amide bonds. The number of nitrogens with zero attached hydrogens (tertiary/aromatic N) is 1. The lowest BCUT2D eigenvalue weighted by atomic mass is 10.2. The van der Waals surface area contributed by atoms with Crippen LogP contribution in [-0.2, 0) is 17.8 Å². The van der Waals surface area contributed by atoms with Gasteiger partial charge in [-0.15, -0.1) is 11.3 Å². The molecule has 2 rings (SSSR count). The molecule has 4 nitrogen and oxygen atoms in total. The van der Waals surface area contributed by atoms with Gasteiger partial charge in [0, 0.05) is 30.0 Å². The molecule has 0 spiro atoms. The highest BCUT2D eigenvalue weighted by Crippen LogP contribution is 2.25. The van der Waals surface area contributed by atoms with Gasteiger partial charge in [0.25, 0.3) is 5.91 Å². The normalized spacial score (nSPS) is 15.5. The van der Waals surface area contributed by atoms with Crippen molar-refractivity contribution in [1.82, 2.24) is 10.3 Å². The summed E-state index contributed by atoms with van der Waals surface area (Å²) in [5, 5.41) is 6.87. The first-order valence-corrected chi connectivity index (χ1v) is 6.69. The van der Waals surface area contributed by atoms with Crippen LogP contribution >= 0.6 is 11.3 Å². The highest BCUT2D eigenvalue weighted by Gasteiger charge is 2.16. The van der Waals surface area contributed by atoms with Gasteiger partial charge in [0.1, 0.15) is 0 Å². The monoisotopic (exact) mass is 251 g/mol. The van der Waals surface area contributed by atoms with E-state index in [1.807, 2.05) is 19.9 Å². The fraction of sp³-hybridized carbons (Fsp3) is 0.500. The molecular formula is C12H17N3OS. The van der Waals surface area contributed by atoms with Crippen LogP contribution in [-0.4, -0.2) is 17.4 Å². The smallest absolute Gasteiger partial charge is 0.252 e. The molecule has 92 valence electrons. The third-order valence-electron chi connectivity index (χ3n) is 2.69. The molecule has 1 aliphatic rings. The second kappa shape index (κ2) is 5.42. The Hall–Kier alpha value is -1.20. The fourth-order valence-electron chi connectivity index (χ4n) is 1.77. The average molecular weight is 251 g/mol. The maximum Gasteiger partial charge on any atom is 0.252 e. The van der Waals surface area contributed by atoms with Gasteiger partial charge in [-0.25, -0.2) is 4.98 Å². The Morgan fingerprint density at radius 1 is 1.65 bits per heavy atom. The summed E-state index contributed by atoms with van der Waals surface area (Å²) in [5.41, 5.74) is 1.87. The number of hydrogen-bond acceptors (Lipinski definition) is 4. The van der Waals surface area contributed by atoms with Gasteiger partial charge in [-0.3, -0.25) is 10.1 Å². The zero-order valence-corrected chi connectivity index (χ0v) is 11.0. The molecule has 2 heterocycles. The van der Waals surface area contributed by atoms with Crippen molar-refractivity contribution in [2.75, 3.05) is 11.9 Å². The third-order valence-corrected chi connectivity index (χ3v) is 3.70. The lowest BCUT2D eigenvalue weighted by Crippen LogP contribution is -2.22. The van der Waals surface area contributed by atoms with E-state index in [2.05, 4.69) is 15.6 Å². The highest BCUT2D eigenvalue weighted by atomic mass is 32.1. The lowest BCUT2D eigenvalue weighted by molar-refractivity contribution is -0.112. The average Bonchev–Trinajstić information content (AvgIpc) is 2.71. The van der Waals surface area contributed by atoms with E-state index in [4.69, 9.17) is 0 Å². The summed E-state index contributed by atoms with van der Waals surface area (Å²) in [7, 11) is 0. The van der Waals surface area contributed by atoms with Crippen LogP contribution in [0.2, 0.25) is 0 Å². The van der Waals surface area contributed by atoms with Gasteiger partial charge in [-0.2, -0.15) is 0 Å². The van der Waals surface area contributed by atoms with Crippen molar-refractivity contribution in [2.24, 2.45) is 0 Å². The van der Waals surface area contributed by atoms with Gasteiger partial charge >= 0.3 is 0 Å². The number of amides is 1. The topological polar surface area (TPSA) is 54.0 Å². The molecule has 1 aromatic heterocycles. The summed E-state index contributed by atoms with van der Waals surface area (Å²) in [5.74, 6) is -0.0501. The van der Waals surface area contributed by atoms with Gasteiger partial charge in [0.05, 0.1) is 5.69 Å². The molecule has 17 heavy (non-hydrogen) atoms. The van der Waals surface area contributed by atoms with E-state index in [-0.39, 0.29) is 5.91 Å². The van der Waals surface area contributed by atoms with Crippen molar-refractivity contribution < 1.29 is 4.79 Å². The number of nitrogens with one attached hydrogen (secondary N) is 2. The number of fused-ring (bicyclic) bond motifs is 1. The van der Waals surface area contributed by atoms with Gasteiger partial charge in [0.15, 0.2) is 5.13 Å². The molecule has 0 unspecified atom stereocenters. The Morgan fingerprint density at radius 3 is 3.18 bits per heavy atom. The van der Waals surface area contributed by atoms with Crippen LogP contribution in [0.4, 0.5) is 5.13 Å². The van der Waals surface area contributed by atoms with Crippen LogP contribution in [0.25, 0.3) is 0 Å². The molecule has 0 saturated carbocycles. The highest BCUT2D eigenvalue weighted by molar-refractivity contribution is 7.15. The number of thiazole rings is 1. The summed E-state index contributed by atoms with van der Waals surface area (Å²) < 4.78 is 0. The maximum absolute atomic E-state index is 11.8. The summed E-state index contributed by atoms with van der Waals surface area (Å²) in [4.78, 5) is 17.5. The first kappa shape index (κ1) is 12.3. The van der Waals surface area contributed by atoms with Crippen LogP contribution in [0, 0.1) is 0 Å². The number of hydrogen-bond donors (Lipinski definition) is 2. The molecule has 0 fully saturated rings. The summed E-state index contributed by atoms with van der Waals surface area (Å²) in [6, 6.07) is 0. The molecule has 0 aliphatic carbocycles. The molecule has 1 aliphatic heterocycles. The summed E-state index contributed by atoms with van der Waals surface area (Å²) in [6.07, 6.45) is 3.74. The Kier molecular flexibility index (Phi) is 3.91. The minimum absolute atomic E-state index is 0.0501. The van der Waals surface area contributed by atoms with Gasteiger partial charge in [-0.05, 0) is 13.3 Å². The molecule has 2 N–H and O–H groups in total. The SMILES string of the molecule is CC/C=C(\C)C(=O)Nc1nc2c(s1)CNCC2. The first-order valence-electron chi connectivity index (χ1n) is 5.88. The maximum atomic E-state index is 11.8. The number of allylic oxidation sites excluding steroid dienone is 1. The van der Waals surface area contributed by atoms with E-state index < -0.39 is 0 Å². The first-order chi connectivity index (χ1) is 8.20. The Balaban J connectivity index is 2.06. The van der Waals surface area contributed by atoms with Crippen LogP contribution < -0.4 is 10.6 Å². The van der Waals surface area contributed by atoms with Gasteiger partial charge in [0.2, 0.25) is 0 Å². The van der Waals surface area contributed by atoms with Crippen molar-refractivity contribution in [3.8, 4) is 0 Å². The zero-order chi connectivity index (χ0) is 12.3. The number of anilines is 1. The molecule has 0 saturated heterocycles. The van der Waals surface area contributed by atoms with Crippen molar-refractivity contribution in [3.05, 3.63) is 22.2 Å². The van der Waals surface area contributed by atoms with Crippen molar-refractivity contribution in [2.45, 2.75) is 33.2 Å². The number of aromatic nitrogens is 1. The van der Waals surface area contributed by atoms with E-state index in [1.54, 1.807) is 11.3 Å². The largest absolute Gasteiger partial charge is 0.311 e. The summed E-state index contributed by atoms with van der Waals surface area (Å²) >= 11 is 1.57. The van der Waals surface area contributed by atoms with Crippen LogP contribution in [0.5, 0.6) is 0 Å². The number of carbonyl (C=O) groups excluding carboxylic acids is 1. The number of carbonyl (C=O) groups is 1. The van der Waals surface area contributed by atoms with Crippen molar-refractivity contribution >= 4 is 22.4 Å². The van der Waals surface area contributed by atoms with Crippen LogP contribution in [0.15, 0.2) is 11.6 Å². The summed E-state index contributed by atoms with van der Waals surface area (Å²) in [6.45, 7) is 5.68. The Labute approximate surface area is 105 Å². The minimum Gasteiger partial charge on any atom is -0.311 e. The fourth-order valence-corrected chi connectivity index (χ4v) is 2.75. The van der Waals surface area contributed by atoms with Crippen LogP contribution in [0.1, 0.15) is 30.8 Å². The van der Waals surface area contributed by atoms with E-state index in [1.165, 1.54) is 4.88 Å². The third kappa shape index (κ3) is 2.92. The van der Waals surface area contributed by atoms with E-state index in [0.717, 1.165) is 37.2 Å². The molecule has 0 bridgehead atoms. The van der Waals surface area contributed by atoms with E-state index in [9.17, 15) is 4.79 Å². The van der Waals surface area contributed by atoms with Gasteiger partial charge in [-0.1, -0.05) is 13.0 Å². The molecule has 0 radical (unpaired) electrons. The molecule has 0 aromatic carbocycles. The van der Waals surface area contributed by atoms with Crippen LogP contribution in [0.3, 0.4) is 0 Å². The second-order valence-corrected chi connectivity index (χ2v) is 5.15. The molecular weight excluding hydrogens is 234 g/mol. The molecule has 1 aromatic rings. The Bertz CT molecular complexity index is 427. The predicted molar refractivity (Wildman–Crippen MR) is 70.2 cm³/mol. The lowest BCUT2D eigenvalue weighted by Gasteiger charge is -2.09. The number of rotatable bonds is 3. The quantitative estimate of drug-likeness (QED) is 0.809. The van der Waals surface area contributed by atoms with Gasteiger partial charge < -0.3 is 5.32 Å².